The lowest BCUT2D eigenvalue weighted by Gasteiger charge is -2.11. The molecule has 6 heteroatoms. The molecular weight excluding hydrogens is 288 g/mol. The molecule has 2 rings (SSSR count). The number of hydrogen-bond acceptors (Lipinski definition) is 5. The van der Waals surface area contributed by atoms with Gasteiger partial charge < -0.3 is 14.8 Å². The molecule has 0 radical (unpaired) electrons. The first kappa shape index (κ1) is 15.6. The second-order valence-corrected chi connectivity index (χ2v) is 5.24. The summed E-state index contributed by atoms with van der Waals surface area (Å²) < 4.78 is 14.6. The SMILES string of the molecule is COCCO[C@H](C)C(=O)Nc1cc(-c2ccccc2)ns1. The van der Waals surface area contributed by atoms with E-state index in [1.165, 1.54) is 11.5 Å². The molecule has 0 spiro atoms. The number of carbonyl (C=O) groups is 1. The van der Waals surface area contributed by atoms with Crippen LogP contribution in [0.1, 0.15) is 6.92 Å². The quantitative estimate of drug-likeness (QED) is 0.799. The molecule has 0 aliphatic heterocycles. The molecule has 1 amide bonds. The van der Waals surface area contributed by atoms with E-state index >= 15 is 0 Å². The number of nitrogens with zero attached hydrogens (tertiary/aromatic N) is 1. The van der Waals surface area contributed by atoms with Crippen LogP contribution in [0.2, 0.25) is 0 Å². The Balaban J connectivity index is 1.92. The van der Waals surface area contributed by atoms with Gasteiger partial charge in [-0.05, 0) is 18.5 Å². The van der Waals surface area contributed by atoms with Gasteiger partial charge in [0, 0.05) is 18.7 Å². The molecule has 1 N–H and O–H groups in total. The van der Waals surface area contributed by atoms with E-state index in [1.54, 1.807) is 14.0 Å². The second kappa shape index (κ2) is 7.87. The van der Waals surface area contributed by atoms with Crippen molar-refractivity contribution in [3.63, 3.8) is 0 Å². The molecule has 0 aliphatic rings. The van der Waals surface area contributed by atoms with Gasteiger partial charge in [0.1, 0.15) is 11.1 Å². The summed E-state index contributed by atoms with van der Waals surface area (Å²) >= 11 is 1.26. The highest BCUT2D eigenvalue weighted by Crippen LogP contribution is 2.25. The number of hydrogen-bond donors (Lipinski definition) is 1. The number of nitrogens with one attached hydrogen (secondary N) is 1. The van der Waals surface area contributed by atoms with Gasteiger partial charge in [0.15, 0.2) is 0 Å². The molecule has 0 aliphatic carbocycles. The first-order valence-corrected chi connectivity index (χ1v) is 7.41. The van der Waals surface area contributed by atoms with Crippen molar-refractivity contribution in [2.24, 2.45) is 0 Å². The predicted octanol–water partition coefficient (Wildman–Crippen LogP) is 2.80. The lowest BCUT2D eigenvalue weighted by Crippen LogP contribution is -2.28. The van der Waals surface area contributed by atoms with Crippen LogP contribution >= 0.6 is 11.5 Å². The van der Waals surface area contributed by atoms with Crippen LogP contribution < -0.4 is 5.32 Å². The normalized spacial score (nSPS) is 12.1. The van der Waals surface area contributed by atoms with E-state index in [1.807, 2.05) is 36.4 Å². The number of amides is 1. The van der Waals surface area contributed by atoms with E-state index < -0.39 is 6.10 Å². The van der Waals surface area contributed by atoms with Gasteiger partial charge in [-0.2, -0.15) is 4.37 Å². The van der Waals surface area contributed by atoms with Crippen molar-refractivity contribution in [2.45, 2.75) is 13.0 Å². The second-order valence-electron chi connectivity index (χ2n) is 4.44. The average Bonchev–Trinajstić information content (AvgIpc) is 2.97. The predicted molar refractivity (Wildman–Crippen MR) is 83.5 cm³/mol. The Bertz CT molecular complexity index is 571. The van der Waals surface area contributed by atoms with Crippen molar-refractivity contribution in [3.8, 4) is 11.3 Å². The number of anilines is 1. The van der Waals surface area contributed by atoms with E-state index in [9.17, 15) is 4.79 Å². The summed E-state index contributed by atoms with van der Waals surface area (Å²) in [4.78, 5) is 12.0. The van der Waals surface area contributed by atoms with E-state index in [-0.39, 0.29) is 5.91 Å². The van der Waals surface area contributed by atoms with Gasteiger partial charge in [0.2, 0.25) is 0 Å². The zero-order valence-electron chi connectivity index (χ0n) is 12.0. The minimum absolute atomic E-state index is 0.186. The van der Waals surface area contributed by atoms with Crippen LogP contribution in [0.25, 0.3) is 11.3 Å². The molecule has 0 bridgehead atoms. The number of methoxy groups -OCH3 is 1. The molecule has 1 atom stereocenters. The van der Waals surface area contributed by atoms with Gasteiger partial charge in [-0.25, -0.2) is 0 Å². The Labute approximate surface area is 128 Å². The highest BCUT2D eigenvalue weighted by atomic mass is 32.1. The van der Waals surface area contributed by atoms with Gasteiger partial charge in [-0.1, -0.05) is 30.3 Å². The summed E-state index contributed by atoms with van der Waals surface area (Å²) in [7, 11) is 1.59. The molecule has 0 fully saturated rings. The molecule has 0 saturated heterocycles. The van der Waals surface area contributed by atoms with Crippen LogP contribution in [0, 0.1) is 0 Å². The zero-order valence-corrected chi connectivity index (χ0v) is 12.9. The van der Waals surface area contributed by atoms with Crippen molar-refractivity contribution in [1.29, 1.82) is 0 Å². The minimum atomic E-state index is -0.526. The molecule has 0 unspecified atom stereocenters. The Morgan fingerprint density at radius 2 is 2.10 bits per heavy atom. The van der Waals surface area contributed by atoms with Crippen LogP contribution in [0.3, 0.4) is 0 Å². The Morgan fingerprint density at radius 3 is 2.81 bits per heavy atom. The number of carbonyl (C=O) groups excluding carboxylic acids is 1. The van der Waals surface area contributed by atoms with E-state index in [2.05, 4.69) is 9.69 Å². The molecule has 112 valence electrons. The summed E-state index contributed by atoms with van der Waals surface area (Å²) in [6.45, 7) is 2.57. The summed E-state index contributed by atoms with van der Waals surface area (Å²) in [5, 5.41) is 3.52. The van der Waals surface area contributed by atoms with E-state index in [0.717, 1.165) is 11.3 Å². The van der Waals surface area contributed by atoms with Crippen LogP contribution in [0.5, 0.6) is 0 Å². The highest BCUT2D eigenvalue weighted by Gasteiger charge is 2.15. The lowest BCUT2D eigenvalue weighted by molar-refractivity contribution is -0.127. The Hall–Kier alpha value is -1.76. The van der Waals surface area contributed by atoms with Crippen LogP contribution in [0.4, 0.5) is 5.00 Å². The van der Waals surface area contributed by atoms with Crippen molar-refractivity contribution in [1.82, 2.24) is 4.37 Å². The van der Waals surface area contributed by atoms with Crippen LogP contribution in [0.15, 0.2) is 36.4 Å². The third-order valence-electron chi connectivity index (χ3n) is 2.85. The fourth-order valence-corrected chi connectivity index (χ4v) is 2.35. The maximum Gasteiger partial charge on any atom is 0.253 e. The third kappa shape index (κ3) is 4.63. The van der Waals surface area contributed by atoms with Gasteiger partial charge in [-0.3, -0.25) is 4.79 Å². The fraction of sp³-hybridized carbons (Fsp3) is 0.333. The zero-order chi connectivity index (χ0) is 15.1. The molecule has 2 aromatic rings. The lowest BCUT2D eigenvalue weighted by atomic mass is 10.2. The number of ether oxygens (including phenoxy) is 2. The van der Waals surface area contributed by atoms with Gasteiger partial charge >= 0.3 is 0 Å². The molecule has 0 saturated carbocycles. The average molecular weight is 306 g/mol. The van der Waals surface area contributed by atoms with Crippen LogP contribution in [-0.4, -0.2) is 36.7 Å². The first-order chi connectivity index (χ1) is 10.2. The first-order valence-electron chi connectivity index (χ1n) is 6.64. The van der Waals surface area contributed by atoms with Crippen molar-refractivity contribution >= 4 is 22.4 Å². The molecule has 5 nitrogen and oxygen atoms in total. The van der Waals surface area contributed by atoms with Gasteiger partial charge in [0.25, 0.3) is 5.91 Å². The van der Waals surface area contributed by atoms with Crippen molar-refractivity contribution in [3.05, 3.63) is 36.4 Å². The summed E-state index contributed by atoms with van der Waals surface area (Å²) in [5.41, 5.74) is 1.88. The molecule has 1 aromatic heterocycles. The van der Waals surface area contributed by atoms with Crippen molar-refractivity contribution < 1.29 is 14.3 Å². The summed E-state index contributed by atoms with van der Waals surface area (Å²) in [5.74, 6) is -0.186. The van der Waals surface area contributed by atoms with Gasteiger partial charge in [-0.15, -0.1) is 0 Å². The Kier molecular flexibility index (Phi) is 5.86. The molecule has 1 heterocycles. The number of aromatic nitrogens is 1. The highest BCUT2D eigenvalue weighted by molar-refractivity contribution is 7.10. The molecule has 1 aromatic carbocycles. The standard InChI is InChI=1S/C15H18N2O3S/c1-11(20-9-8-19-2)15(18)16-14-10-13(17-21-14)12-6-4-3-5-7-12/h3-7,10-11H,8-9H2,1-2H3,(H,16,18)/t11-/m1/s1. The minimum Gasteiger partial charge on any atom is -0.382 e. The number of rotatable bonds is 7. The molecule has 21 heavy (non-hydrogen) atoms. The van der Waals surface area contributed by atoms with Crippen molar-refractivity contribution in [2.75, 3.05) is 25.6 Å². The topological polar surface area (TPSA) is 60.5 Å². The van der Waals surface area contributed by atoms with Crippen LogP contribution in [-0.2, 0) is 14.3 Å². The largest absolute Gasteiger partial charge is 0.382 e. The third-order valence-corrected chi connectivity index (χ3v) is 3.56. The van der Waals surface area contributed by atoms with Gasteiger partial charge in [0.05, 0.1) is 18.9 Å². The van der Waals surface area contributed by atoms with E-state index in [4.69, 9.17) is 9.47 Å². The monoisotopic (exact) mass is 306 g/mol. The Morgan fingerprint density at radius 1 is 1.33 bits per heavy atom. The fourth-order valence-electron chi connectivity index (χ4n) is 1.69. The molecular formula is C15H18N2O3S. The summed E-state index contributed by atoms with van der Waals surface area (Å²) in [6, 6.07) is 11.7. The maximum atomic E-state index is 12.0. The summed E-state index contributed by atoms with van der Waals surface area (Å²) in [6.07, 6.45) is -0.526. The maximum absolute atomic E-state index is 12.0. The number of benzene rings is 1. The smallest absolute Gasteiger partial charge is 0.253 e. The van der Waals surface area contributed by atoms with E-state index in [0.29, 0.717) is 18.2 Å².